The van der Waals surface area contributed by atoms with Crippen LogP contribution in [0, 0.1) is 40.9 Å². The SMILES string of the molecule is CC1=C2C[C@H]3[C@@H](CC[C@@H]4CC(=O)NCC[C@@]43C)[C@@H]2CC[C@@]2(C1)O[C@@H]1C[C@H](C)CN(C)[C@H]1[C@H]2C. The summed E-state index contributed by atoms with van der Waals surface area (Å²) >= 11 is 0. The van der Waals surface area contributed by atoms with Gasteiger partial charge in [0.1, 0.15) is 0 Å². The Labute approximate surface area is 201 Å². The number of likely N-dealkylation sites (tertiary alicyclic amines) is 1. The summed E-state index contributed by atoms with van der Waals surface area (Å²) in [5, 5.41) is 3.18. The number of ether oxygens (including phenoxy) is 1. The minimum atomic E-state index is 0.0460. The minimum Gasteiger partial charge on any atom is -0.369 e. The maximum atomic E-state index is 12.3. The lowest BCUT2D eigenvalue weighted by Crippen LogP contribution is -2.49. The number of hydrogen-bond donors (Lipinski definition) is 1. The fraction of sp³-hybridized carbons (Fsp3) is 0.897. The van der Waals surface area contributed by atoms with Crippen LogP contribution in [-0.4, -0.2) is 48.7 Å². The molecule has 3 aliphatic carbocycles. The van der Waals surface area contributed by atoms with E-state index in [1.165, 1.54) is 51.5 Å². The summed E-state index contributed by atoms with van der Waals surface area (Å²) in [5.41, 5.74) is 3.84. The number of allylic oxidation sites excluding steroid dienone is 1. The molecule has 0 aromatic rings. The van der Waals surface area contributed by atoms with Gasteiger partial charge >= 0.3 is 0 Å². The highest BCUT2D eigenvalue weighted by Gasteiger charge is 2.59. The molecule has 33 heavy (non-hydrogen) atoms. The summed E-state index contributed by atoms with van der Waals surface area (Å²) in [7, 11) is 2.33. The second kappa shape index (κ2) is 7.82. The van der Waals surface area contributed by atoms with Crippen molar-refractivity contribution in [3.8, 4) is 0 Å². The molecule has 10 atom stereocenters. The van der Waals surface area contributed by atoms with Crippen LogP contribution in [0.2, 0.25) is 0 Å². The smallest absolute Gasteiger partial charge is 0.220 e. The fourth-order valence-corrected chi connectivity index (χ4v) is 10.2. The Balaban J connectivity index is 1.28. The second-order valence-corrected chi connectivity index (χ2v) is 13.5. The molecule has 0 aromatic heterocycles. The number of rotatable bonds is 0. The Hall–Kier alpha value is -0.870. The number of carbonyl (C=O) groups is 1. The molecule has 3 aliphatic heterocycles. The molecule has 184 valence electrons. The van der Waals surface area contributed by atoms with E-state index in [4.69, 9.17) is 4.74 Å². The van der Waals surface area contributed by atoms with Crippen LogP contribution in [0.1, 0.15) is 85.5 Å². The number of nitrogens with zero attached hydrogens (tertiary/aromatic N) is 1. The average Bonchev–Trinajstić information content (AvgIpc) is 3.14. The molecule has 5 fully saturated rings. The third-order valence-electron chi connectivity index (χ3n) is 11.8. The first-order valence-corrected chi connectivity index (χ1v) is 14.0. The fourth-order valence-electron chi connectivity index (χ4n) is 10.2. The maximum Gasteiger partial charge on any atom is 0.220 e. The van der Waals surface area contributed by atoms with E-state index in [-0.39, 0.29) is 5.60 Å². The highest BCUT2D eigenvalue weighted by Crippen LogP contribution is 2.64. The summed E-state index contributed by atoms with van der Waals surface area (Å²) in [6.45, 7) is 12.0. The van der Waals surface area contributed by atoms with Crippen LogP contribution in [0.15, 0.2) is 11.1 Å². The molecule has 1 amide bonds. The van der Waals surface area contributed by atoms with Crippen molar-refractivity contribution in [2.75, 3.05) is 20.1 Å². The van der Waals surface area contributed by atoms with Crippen LogP contribution in [0.25, 0.3) is 0 Å². The standard InChI is InChI=1S/C29H46N2O2/c1-17-12-25-27(31(5)16-17)19(3)29(33-25)9-8-21-22-7-6-20-13-26(32)30-11-10-28(20,4)24(22)14-23(21)18(2)15-29/h17,19-22,24-25,27H,6-16H2,1-5H3,(H,30,32)/t17-,19+,20+,21-,22-,24-,25+,27-,28-,29-/m0/s1. The van der Waals surface area contributed by atoms with Gasteiger partial charge in [0.15, 0.2) is 0 Å². The van der Waals surface area contributed by atoms with Crippen molar-refractivity contribution in [2.45, 2.75) is 103 Å². The van der Waals surface area contributed by atoms with Crippen molar-refractivity contribution in [1.29, 1.82) is 0 Å². The first kappa shape index (κ1) is 22.6. The van der Waals surface area contributed by atoms with Gasteiger partial charge in [-0.25, -0.2) is 0 Å². The van der Waals surface area contributed by atoms with Crippen molar-refractivity contribution in [1.82, 2.24) is 10.2 Å². The van der Waals surface area contributed by atoms with Crippen molar-refractivity contribution < 1.29 is 9.53 Å². The number of fused-ring (bicyclic) bond motifs is 6. The van der Waals surface area contributed by atoms with Gasteiger partial charge < -0.3 is 15.0 Å². The van der Waals surface area contributed by atoms with Gasteiger partial charge in [0.25, 0.3) is 0 Å². The monoisotopic (exact) mass is 454 g/mol. The van der Waals surface area contributed by atoms with E-state index in [2.05, 4.69) is 45.0 Å². The zero-order valence-corrected chi connectivity index (χ0v) is 21.7. The highest BCUT2D eigenvalue weighted by molar-refractivity contribution is 5.76. The molecule has 3 saturated heterocycles. The number of piperidine rings is 1. The first-order chi connectivity index (χ1) is 15.7. The molecule has 0 aromatic carbocycles. The third-order valence-corrected chi connectivity index (χ3v) is 11.8. The lowest BCUT2D eigenvalue weighted by molar-refractivity contribution is -0.122. The zero-order valence-electron chi connectivity index (χ0n) is 21.7. The Kier molecular flexibility index (Phi) is 5.35. The quantitative estimate of drug-likeness (QED) is 0.513. The summed E-state index contributed by atoms with van der Waals surface area (Å²) in [6.07, 6.45) is 11.1. The molecule has 3 heterocycles. The largest absolute Gasteiger partial charge is 0.369 e. The Morgan fingerprint density at radius 1 is 1.12 bits per heavy atom. The molecule has 1 N–H and O–H groups in total. The van der Waals surface area contributed by atoms with E-state index in [1.54, 1.807) is 11.1 Å². The molecular formula is C29H46N2O2. The predicted octanol–water partition coefficient (Wildman–Crippen LogP) is 5.18. The third kappa shape index (κ3) is 3.33. The molecule has 1 spiro atoms. The second-order valence-electron chi connectivity index (χ2n) is 13.5. The van der Waals surface area contributed by atoms with Gasteiger partial charge in [0.2, 0.25) is 5.91 Å². The number of likely N-dealkylation sites (N-methyl/N-ethyl adjacent to an activating group) is 1. The van der Waals surface area contributed by atoms with Gasteiger partial charge in [-0.15, -0.1) is 0 Å². The minimum absolute atomic E-state index is 0.0460. The summed E-state index contributed by atoms with van der Waals surface area (Å²) in [4.78, 5) is 14.9. The molecule has 0 unspecified atom stereocenters. The maximum absolute atomic E-state index is 12.3. The van der Waals surface area contributed by atoms with E-state index in [9.17, 15) is 4.79 Å². The van der Waals surface area contributed by atoms with Crippen LogP contribution >= 0.6 is 0 Å². The van der Waals surface area contributed by atoms with E-state index < -0.39 is 0 Å². The van der Waals surface area contributed by atoms with Crippen LogP contribution in [0.4, 0.5) is 0 Å². The number of amides is 1. The topological polar surface area (TPSA) is 41.6 Å². The molecular weight excluding hydrogens is 408 g/mol. The Morgan fingerprint density at radius 2 is 1.94 bits per heavy atom. The summed E-state index contributed by atoms with van der Waals surface area (Å²) in [6, 6.07) is 0.593. The van der Waals surface area contributed by atoms with E-state index >= 15 is 0 Å². The van der Waals surface area contributed by atoms with Crippen molar-refractivity contribution in [2.24, 2.45) is 40.9 Å². The average molecular weight is 455 g/mol. The van der Waals surface area contributed by atoms with E-state index in [1.807, 2.05) is 0 Å². The van der Waals surface area contributed by atoms with E-state index in [0.29, 0.717) is 35.3 Å². The number of hydrogen-bond acceptors (Lipinski definition) is 3. The van der Waals surface area contributed by atoms with Crippen LogP contribution in [0.5, 0.6) is 0 Å². The number of carbonyl (C=O) groups excluding carboxylic acids is 1. The summed E-state index contributed by atoms with van der Waals surface area (Å²) in [5.74, 6) is 4.56. The molecule has 4 nitrogen and oxygen atoms in total. The Morgan fingerprint density at radius 3 is 2.76 bits per heavy atom. The summed E-state index contributed by atoms with van der Waals surface area (Å²) < 4.78 is 7.11. The van der Waals surface area contributed by atoms with Gasteiger partial charge in [-0.1, -0.05) is 31.9 Å². The molecule has 4 heteroatoms. The molecule has 2 saturated carbocycles. The lowest BCUT2D eigenvalue weighted by Gasteiger charge is -2.49. The van der Waals surface area contributed by atoms with Crippen LogP contribution in [0.3, 0.4) is 0 Å². The van der Waals surface area contributed by atoms with Gasteiger partial charge in [0, 0.05) is 31.5 Å². The van der Waals surface area contributed by atoms with Gasteiger partial charge in [-0.2, -0.15) is 0 Å². The van der Waals surface area contributed by atoms with Gasteiger partial charge in [-0.3, -0.25) is 4.79 Å². The zero-order chi connectivity index (χ0) is 23.1. The highest BCUT2D eigenvalue weighted by atomic mass is 16.5. The van der Waals surface area contributed by atoms with Crippen molar-refractivity contribution in [3.63, 3.8) is 0 Å². The van der Waals surface area contributed by atoms with Gasteiger partial charge in [0.05, 0.1) is 11.7 Å². The van der Waals surface area contributed by atoms with Crippen LogP contribution in [-0.2, 0) is 9.53 Å². The van der Waals surface area contributed by atoms with Gasteiger partial charge in [-0.05, 0) is 100 Å². The molecule has 6 aliphatic rings. The predicted molar refractivity (Wildman–Crippen MR) is 132 cm³/mol. The molecule has 0 radical (unpaired) electrons. The van der Waals surface area contributed by atoms with Crippen molar-refractivity contribution >= 4 is 5.91 Å². The molecule has 0 bridgehead atoms. The van der Waals surface area contributed by atoms with Crippen LogP contribution < -0.4 is 5.32 Å². The number of nitrogens with one attached hydrogen (secondary N) is 1. The first-order valence-electron chi connectivity index (χ1n) is 14.0. The normalized spacial score (nSPS) is 52.5. The van der Waals surface area contributed by atoms with E-state index in [0.717, 1.165) is 43.1 Å². The van der Waals surface area contributed by atoms with Crippen molar-refractivity contribution in [3.05, 3.63) is 11.1 Å². The Bertz CT molecular complexity index is 853. The molecule has 6 rings (SSSR count). The lowest BCUT2D eigenvalue weighted by atomic mass is 9.55.